The number of hydrogen-bond donors (Lipinski definition) is 2. The van der Waals surface area contributed by atoms with E-state index in [1.807, 2.05) is 47.0 Å². The van der Waals surface area contributed by atoms with Crippen LogP contribution in [0.5, 0.6) is 0 Å². The lowest BCUT2D eigenvalue weighted by Crippen LogP contribution is -2.39. The first kappa shape index (κ1) is 22.6. The van der Waals surface area contributed by atoms with Crippen LogP contribution in [-0.2, 0) is 16.8 Å². The molecule has 0 aliphatic rings. The van der Waals surface area contributed by atoms with Gasteiger partial charge in [0.1, 0.15) is 0 Å². The van der Waals surface area contributed by atoms with E-state index >= 15 is 0 Å². The normalized spacial score (nSPS) is 12.4. The Bertz CT molecular complexity index is 1060. The number of amides is 3. The van der Waals surface area contributed by atoms with Gasteiger partial charge in [-0.2, -0.15) is 0 Å². The van der Waals surface area contributed by atoms with Gasteiger partial charge in [-0.05, 0) is 23.5 Å². The second-order valence-electron chi connectivity index (χ2n) is 8.32. The third-order valence-corrected chi connectivity index (χ3v) is 5.89. The fourth-order valence-electron chi connectivity index (χ4n) is 3.05. The quantitative estimate of drug-likeness (QED) is 0.568. The molecule has 0 fully saturated rings. The zero-order valence-electron chi connectivity index (χ0n) is 18.1. The summed E-state index contributed by atoms with van der Waals surface area (Å²) in [7, 11) is 0. The van der Waals surface area contributed by atoms with E-state index in [-0.39, 0.29) is 5.41 Å². The number of benzene rings is 2. The minimum absolute atomic E-state index is 0.0560. The number of carbonyl (C=O) groups is 2. The summed E-state index contributed by atoms with van der Waals surface area (Å²) in [4.78, 5) is 23.2. The summed E-state index contributed by atoms with van der Waals surface area (Å²) in [5.41, 5.74) is 8.39. The zero-order valence-corrected chi connectivity index (χ0v) is 18.9. The molecule has 3 aromatic rings. The van der Waals surface area contributed by atoms with Crippen LogP contribution >= 0.6 is 11.8 Å². The summed E-state index contributed by atoms with van der Waals surface area (Å²) in [5, 5.41) is 10.9. The summed E-state index contributed by atoms with van der Waals surface area (Å²) in [6.45, 7) is 8.77. The van der Waals surface area contributed by atoms with Crippen LogP contribution in [0.15, 0.2) is 59.8 Å². The van der Waals surface area contributed by atoms with E-state index in [9.17, 15) is 9.59 Å². The molecule has 1 heterocycles. The van der Waals surface area contributed by atoms with Crippen LogP contribution in [-0.4, -0.2) is 32.0 Å². The standard InChI is InChI=1S/C23H27N5O2S/c1-15(20(29)25-21(24)30)31-22-27-26-19(28(22)14-16-8-6-5-7-9-16)17-10-12-18(13-11-17)23(2,3)4/h5-13,15H,14H2,1-4H3,(H3,24,25,29,30)/t15-/m0/s1. The van der Waals surface area contributed by atoms with Crippen LogP contribution in [0.25, 0.3) is 11.4 Å². The highest BCUT2D eigenvalue weighted by molar-refractivity contribution is 8.00. The maximum absolute atomic E-state index is 12.1. The molecule has 3 N–H and O–H groups in total. The van der Waals surface area contributed by atoms with Gasteiger partial charge in [0.2, 0.25) is 5.91 Å². The molecule has 0 saturated carbocycles. The van der Waals surface area contributed by atoms with Crippen molar-refractivity contribution < 1.29 is 9.59 Å². The van der Waals surface area contributed by atoms with Gasteiger partial charge in [0.15, 0.2) is 11.0 Å². The molecule has 31 heavy (non-hydrogen) atoms. The number of hydrogen-bond acceptors (Lipinski definition) is 5. The molecular formula is C23H27N5O2S. The Labute approximate surface area is 186 Å². The largest absolute Gasteiger partial charge is 0.351 e. The number of nitrogens with two attached hydrogens (primary N) is 1. The second kappa shape index (κ2) is 9.34. The van der Waals surface area contributed by atoms with E-state index < -0.39 is 17.2 Å². The number of nitrogens with one attached hydrogen (secondary N) is 1. The van der Waals surface area contributed by atoms with Gasteiger partial charge in [-0.25, -0.2) is 4.79 Å². The number of rotatable bonds is 6. The van der Waals surface area contributed by atoms with Crippen LogP contribution in [0.3, 0.4) is 0 Å². The highest BCUT2D eigenvalue weighted by Gasteiger charge is 2.22. The highest BCUT2D eigenvalue weighted by Crippen LogP contribution is 2.30. The topological polar surface area (TPSA) is 103 Å². The molecule has 0 radical (unpaired) electrons. The molecule has 3 rings (SSSR count). The predicted molar refractivity (Wildman–Crippen MR) is 123 cm³/mol. The second-order valence-corrected chi connectivity index (χ2v) is 9.63. The summed E-state index contributed by atoms with van der Waals surface area (Å²) >= 11 is 1.23. The number of nitrogens with zero attached hydrogens (tertiary/aromatic N) is 3. The van der Waals surface area contributed by atoms with Gasteiger partial charge in [-0.3, -0.25) is 14.7 Å². The summed E-state index contributed by atoms with van der Waals surface area (Å²) in [5.74, 6) is 0.247. The molecule has 0 aliphatic carbocycles. The van der Waals surface area contributed by atoms with Gasteiger partial charge in [-0.15, -0.1) is 10.2 Å². The first-order valence-corrected chi connectivity index (χ1v) is 10.9. The maximum Gasteiger partial charge on any atom is 0.318 e. The summed E-state index contributed by atoms with van der Waals surface area (Å²) in [6, 6.07) is 17.4. The van der Waals surface area contributed by atoms with Crippen molar-refractivity contribution in [3.63, 3.8) is 0 Å². The van der Waals surface area contributed by atoms with Gasteiger partial charge >= 0.3 is 6.03 Å². The Hall–Kier alpha value is -3.13. The van der Waals surface area contributed by atoms with Crippen molar-refractivity contribution in [1.29, 1.82) is 0 Å². The first-order chi connectivity index (χ1) is 14.6. The molecule has 0 bridgehead atoms. The van der Waals surface area contributed by atoms with Crippen molar-refractivity contribution in [2.75, 3.05) is 0 Å². The molecule has 1 atom stereocenters. The minimum Gasteiger partial charge on any atom is -0.351 e. The first-order valence-electron chi connectivity index (χ1n) is 10.00. The van der Waals surface area contributed by atoms with E-state index in [2.05, 4.69) is 48.4 Å². The lowest BCUT2D eigenvalue weighted by atomic mass is 9.87. The lowest BCUT2D eigenvalue weighted by molar-refractivity contribution is -0.119. The number of aromatic nitrogens is 3. The third kappa shape index (κ3) is 5.73. The van der Waals surface area contributed by atoms with Crippen molar-refractivity contribution in [1.82, 2.24) is 20.1 Å². The molecule has 162 valence electrons. The van der Waals surface area contributed by atoms with Gasteiger partial charge in [0.25, 0.3) is 0 Å². The average molecular weight is 438 g/mol. The van der Waals surface area contributed by atoms with Gasteiger partial charge < -0.3 is 5.73 Å². The van der Waals surface area contributed by atoms with Crippen molar-refractivity contribution in [3.05, 3.63) is 65.7 Å². The van der Waals surface area contributed by atoms with Gasteiger partial charge in [0.05, 0.1) is 11.8 Å². The Kier molecular flexibility index (Phi) is 6.80. The van der Waals surface area contributed by atoms with E-state index in [0.717, 1.165) is 11.1 Å². The van der Waals surface area contributed by atoms with E-state index in [4.69, 9.17) is 5.73 Å². The third-order valence-electron chi connectivity index (χ3n) is 4.81. The zero-order chi connectivity index (χ0) is 22.6. The number of thioether (sulfide) groups is 1. The van der Waals surface area contributed by atoms with Crippen molar-refractivity contribution in [2.24, 2.45) is 5.73 Å². The maximum atomic E-state index is 12.1. The Morgan fingerprint density at radius 1 is 1.06 bits per heavy atom. The van der Waals surface area contributed by atoms with Crippen molar-refractivity contribution in [3.8, 4) is 11.4 Å². The molecule has 0 aliphatic heterocycles. The van der Waals surface area contributed by atoms with Gasteiger partial charge in [0, 0.05) is 5.56 Å². The fourth-order valence-corrected chi connectivity index (χ4v) is 3.90. The number of urea groups is 1. The van der Waals surface area contributed by atoms with Gasteiger partial charge in [-0.1, -0.05) is 87.1 Å². The molecule has 1 aromatic heterocycles. The number of imide groups is 1. The predicted octanol–water partition coefficient (Wildman–Crippen LogP) is 3.97. The summed E-state index contributed by atoms with van der Waals surface area (Å²) < 4.78 is 1.99. The van der Waals surface area contributed by atoms with E-state index in [0.29, 0.717) is 17.5 Å². The minimum atomic E-state index is -0.872. The van der Waals surface area contributed by atoms with Crippen molar-refractivity contribution >= 4 is 23.7 Å². The van der Waals surface area contributed by atoms with Crippen LogP contribution < -0.4 is 11.1 Å². The molecule has 8 heteroatoms. The molecule has 0 spiro atoms. The Morgan fingerprint density at radius 2 is 1.71 bits per heavy atom. The molecule has 2 aromatic carbocycles. The van der Waals surface area contributed by atoms with E-state index in [1.165, 1.54) is 17.3 Å². The number of carbonyl (C=O) groups excluding carboxylic acids is 2. The Morgan fingerprint density at radius 3 is 2.29 bits per heavy atom. The van der Waals surface area contributed by atoms with Crippen LogP contribution in [0.1, 0.15) is 38.8 Å². The van der Waals surface area contributed by atoms with Crippen molar-refractivity contribution in [2.45, 2.75) is 50.1 Å². The molecular weight excluding hydrogens is 410 g/mol. The monoisotopic (exact) mass is 437 g/mol. The number of primary amides is 1. The molecule has 0 saturated heterocycles. The SMILES string of the molecule is C[C@H](Sc1nnc(-c2ccc(C(C)(C)C)cc2)n1Cc1ccccc1)C(=O)NC(N)=O. The lowest BCUT2D eigenvalue weighted by Gasteiger charge is -2.19. The van der Waals surface area contributed by atoms with Crippen LogP contribution in [0.4, 0.5) is 4.79 Å². The van der Waals surface area contributed by atoms with Crippen LogP contribution in [0.2, 0.25) is 0 Å². The fraction of sp³-hybridized carbons (Fsp3) is 0.304. The van der Waals surface area contributed by atoms with E-state index in [1.54, 1.807) is 6.92 Å². The molecule has 0 unspecified atom stereocenters. The average Bonchev–Trinajstić information content (AvgIpc) is 3.09. The smallest absolute Gasteiger partial charge is 0.318 e. The molecule has 7 nitrogen and oxygen atoms in total. The van der Waals surface area contributed by atoms with Crippen LogP contribution in [0, 0.1) is 0 Å². The highest BCUT2D eigenvalue weighted by atomic mass is 32.2. The Balaban J connectivity index is 1.95. The summed E-state index contributed by atoms with van der Waals surface area (Å²) in [6.07, 6.45) is 0. The molecule has 3 amide bonds.